The fourth-order valence-electron chi connectivity index (χ4n) is 6.12. The van der Waals surface area contributed by atoms with Gasteiger partial charge in [-0.25, -0.2) is 18.7 Å². The second-order valence-electron chi connectivity index (χ2n) is 10.1. The van der Waals surface area contributed by atoms with E-state index in [2.05, 4.69) is 21.8 Å². The van der Waals surface area contributed by atoms with Crippen LogP contribution in [0.5, 0.6) is 0 Å². The molecular weight excluding hydrogens is 488 g/mol. The lowest BCUT2D eigenvalue weighted by atomic mass is 9.88. The van der Waals surface area contributed by atoms with Crippen molar-refractivity contribution in [2.75, 3.05) is 44.2 Å². The molecule has 1 aromatic carbocycles. The number of hydrogen-bond acceptors (Lipinski definition) is 6. The number of halogens is 3. The van der Waals surface area contributed by atoms with Crippen LogP contribution in [0.2, 0.25) is 5.02 Å². The van der Waals surface area contributed by atoms with Gasteiger partial charge in [0.1, 0.15) is 12.1 Å². The molecule has 36 heavy (non-hydrogen) atoms. The molecular formula is C26H32ClF2N5O2. The average Bonchev–Trinajstić information content (AvgIpc) is 3.43. The third-order valence-electron chi connectivity index (χ3n) is 7.84. The maximum atomic E-state index is 13.9. The standard InChI is InChI=1S/C26H32ClF2N5O2/c1-16-13-20(35)24-22(16)25(31-15-30-24)32-9-11-33(12-10-32)26(36)23(17-4-6-18(27)7-5-17)19-3-2-8-34(19)14-21(28)29/h4-7,15-16,19-21,23,35H,2-3,8-14H2,1H3/t16-,19?,20-,23?/m1/s1. The van der Waals surface area contributed by atoms with Gasteiger partial charge >= 0.3 is 0 Å². The normalized spacial score (nSPS) is 25.4. The topological polar surface area (TPSA) is 72.8 Å². The van der Waals surface area contributed by atoms with E-state index in [1.54, 1.807) is 17.0 Å². The number of aliphatic hydroxyl groups is 1. The first-order chi connectivity index (χ1) is 17.3. The molecule has 2 fully saturated rings. The summed E-state index contributed by atoms with van der Waals surface area (Å²) in [7, 11) is 0. The predicted molar refractivity (Wildman–Crippen MR) is 134 cm³/mol. The summed E-state index contributed by atoms with van der Waals surface area (Å²) in [5.74, 6) is 0.459. The molecule has 4 atom stereocenters. The van der Waals surface area contributed by atoms with Crippen molar-refractivity contribution in [3.05, 3.63) is 52.4 Å². The van der Waals surface area contributed by atoms with Gasteiger partial charge in [-0.2, -0.15) is 0 Å². The molecule has 2 unspecified atom stereocenters. The van der Waals surface area contributed by atoms with E-state index in [9.17, 15) is 18.7 Å². The van der Waals surface area contributed by atoms with E-state index in [1.807, 2.05) is 17.0 Å². The summed E-state index contributed by atoms with van der Waals surface area (Å²) in [5, 5.41) is 10.9. The van der Waals surface area contributed by atoms with E-state index in [-0.39, 0.29) is 24.4 Å². The Morgan fingerprint density at radius 3 is 2.56 bits per heavy atom. The van der Waals surface area contributed by atoms with Gasteiger partial charge in [0.05, 0.1) is 24.3 Å². The molecule has 1 aliphatic carbocycles. The van der Waals surface area contributed by atoms with Crippen LogP contribution in [0.1, 0.15) is 60.9 Å². The predicted octanol–water partition coefficient (Wildman–Crippen LogP) is 3.83. The fourth-order valence-corrected chi connectivity index (χ4v) is 6.25. The number of rotatable bonds is 6. The molecule has 3 aliphatic rings. The number of piperazine rings is 1. The Hall–Kier alpha value is -2.36. The van der Waals surface area contributed by atoms with Crippen LogP contribution >= 0.6 is 11.6 Å². The Kier molecular flexibility index (Phi) is 7.42. The molecule has 0 radical (unpaired) electrons. The Balaban J connectivity index is 1.35. The van der Waals surface area contributed by atoms with Crippen LogP contribution in [0, 0.1) is 0 Å². The maximum absolute atomic E-state index is 13.9. The first-order valence-electron chi connectivity index (χ1n) is 12.7. The van der Waals surface area contributed by atoms with Gasteiger partial charge < -0.3 is 14.9 Å². The minimum absolute atomic E-state index is 0.0279. The molecule has 194 valence electrons. The number of amides is 1. The number of nitrogens with zero attached hydrogens (tertiary/aromatic N) is 5. The number of likely N-dealkylation sites (tertiary alicyclic amines) is 1. The first kappa shape index (κ1) is 25.3. The minimum Gasteiger partial charge on any atom is -0.387 e. The van der Waals surface area contributed by atoms with Crippen LogP contribution in [0.3, 0.4) is 0 Å². The lowest BCUT2D eigenvalue weighted by molar-refractivity contribution is -0.134. The van der Waals surface area contributed by atoms with E-state index in [1.165, 1.54) is 6.33 Å². The van der Waals surface area contributed by atoms with Gasteiger partial charge in [-0.05, 0) is 49.4 Å². The molecule has 5 rings (SSSR count). The SMILES string of the molecule is C[C@@H]1C[C@@H](O)c2ncnc(N3CCN(C(=O)C(c4ccc(Cl)cc4)C4CCCN4CC(F)F)CC3)c21. The number of alkyl halides is 2. The van der Waals surface area contributed by atoms with Crippen molar-refractivity contribution in [3.63, 3.8) is 0 Å². The highest BCUT2D eigenvalue weighted by atomic mass is 35.5. The Morgan fingerprint density at radius 2 is 1.86 bits per heavy atom. The fraction of sp³-hybridized carbons (Fsp3) is 0.577. The van der Waals surface area contributed by atoms with E-state index in [0.29, 0.717) is 56.3 Å². The van der Waals surface area contributed by atoms with Crippen LogP contribution in [-0.2, 0) is 4.79 Å². The molecule has 0 spiro atoms. The summed E-state index contributed by atoms with van der Waals surface area (Å²) in [6.07, 6.45) is 0.637. The van der Waals surface area contributed by atoms with Gasteiger partial charge in [-0.3, -0.25) is 9.69 Å². The Morgan fingerprint density at radius 1 is 1.14 bits per heavy atom. The summed E-state index contributed by atoms with van der Waals surface area (Å²) >= 11 is 6.10. The highest BCUT2D eigenvalue weighted by molar-refractivity contribution is 6.30. The van der Waals surface area contributed by atoms with Gasteiger partial charge in [-0.1, -0.05) is 30.7 Å². The summed E-state index contributed by atoms with van der Waals surface area (Å²) in [6.45, 7) is 4.57. The van der Waals surface area contributed by atoms with Crippen molar-refractivity contribution in [2.45, 2.75) is 56.6 Å². The summed E-state index contributed by atoms with van der Waals surface area (Å²) in [5.41, 5.74) is 2.51. The smallest absolute Gasteiger partial charge is 0.251 e. The Labute approximate surface area is 215 Å². The van der Waals surface area contributed by atoms with Gasteiger partial charge in [0.25, 0.3) is 6.43 Å². The molecule has 7 nitrogen and oxygen atoms in total. The minimum atomic E-state index is -2.44. The number of aliphatic hydroxyl groups excluding tert-OH is 1. The molecule has 2 saturated heterocycles. The van der Waals surface area contributed by atoms with Gasteiger partial charge in [0.2, 0.25) is 5.91 Å². The molecule has 2 aliphatic heterocycles. The number of carbonyl (C=O) groups excluding carboxylic acids is 1. The molecule has 0 saturated carbocycles. The number of fused-ring (bicyclic) bond motifs is 1. The van der Waals surface area contributed by atoms with Crippen molar-refractivity contribution in [3.8, 4) is 0 Å². The van der Waals surface area contributed by atoms with Crippen molar-refractivity contribution in [2.24, 2.45) is 0 Å². The van der Waals surface area contributed by atoms with Crippen LogP contribution in [0.4, 0.5) is 14.6 Å². The van der Waals surface area contributed by atoms with Gasteiger partial charge in [-0.15, -0.1) is 0 Å². The zero-order valence-corrected chi connectivity index (χ0v) is 21.1. The van der Waals surface area contributed by atoms with E-state index < -0.39 is 18.4 Å². The highest BCUT2D eigenvalue weighted by Crippen LogP contribution is 2.43. The molecule has 3 heterocycles. The number of anilines is 1. The van der Waals surface area contributed by atoms with Gasteiger partial charge in [0, 0.05) is 42.8 Å². The average molecular weight is 520 g/mol. The third-order valence-corrected chi connectivity index (χ3v) is 8.09. The second-order valence-corrected chi connectivity index (χ2v) is 10.5. The monoisotopic (exact) mass is 519 g/mol. The summed E-state index contributed by atoms with van der Waals surface area (Å²) in [6, 6.07) is 6.94. The first-order valence-corrected chi connectivity index (χ1v) is 13.1. The zero-order chi connectivity index (χ0) is 25.4. The van der Waals surface area contributed by atoms with Crippen LogP contribution < -0.4 is 4.90 Å². The van der Waals surface area contributed by atoms with E-state index >= 15 is 0 Å². The number of aromatic nitrogens is 2. The van der Waals surface area contributed by atoms with Crippen molar-refractivity contribution in [1.82, 2.24) is 19.8 Å². The number of carbonyl (C=O) groups is 1. The number of hydrogen-bond donors (Lipinski definition) is 1. The zero-order valence-electron chi connectivity index (χ0n) is 20.4. The molecule has 10 heteroatoms. The molecule has 1 amide bonds. The highest BCUT2D eigenvalue weighted by Gasteiger charge is 2.41. The van der Waals surface area contributed by atoms with Crippen molar-refractivity contribution in [1.29, 1.82) is 0 Å². The molecule has 0 bridgehead atoms. The maximum Gasteiger partial charge on any atom is 0.251 e. The number of benzene rings is 1. The van der Waals surface area contributed by atoms with Crippen LogP contribution in [0.15, 0.2) is 30.6 Å². The lowest BCUT2D eigenvalue weighted by Crippen LogP contribution is -2.53. The van der Waals surface area contributed by atoms with E-state index in [4.69, 9.17) is 11.6 Å². The van der Waals surface area contributed by atoms with E-state index in [0.717, 1.165) is 23.4 Å². The summed E-state index contributed by atoms with van der Waals surface area (Å²) < 4.78 is 26.6. The van der Waals surface area contributed by atoms with Crippen molar-refractivity contribution >= 4 is 23.3 Å². The molecule has 2 aromatic rings. The van der Waals surface area contributed by atoms with Crippen LogP contribution in [-0.4, -0.2) is 82.5 Å². The second kappa shape index (κ2) is 10.6. The van der Waals surface area contributed by atoms with Gasteiger partial charge in [0.15, 0.2) is 0 Å². The Bertz CT molecular complexity index is 1080. The largest absolute Gasteiger partial charge is 0.387 e. The summed E-state index contributed by atoms with van der Waals surface area (Å²) in [4.78, 5) is 28.6. The van der Waals surface area contributed by atoms with Crippen LogP contribution in [0.25, 0.3) is 0 Å². The lowest BCUT2D eigenvalue weighted by Gasteiger charge is -2.40. The molecule has 1 N–H and O–H groups in total. The molecule has 1 aromatic heterocycles. The van der Waals surface area contributed by atoms with Crippen molar-refractivity contribution < 1.29 is 18.7 Å². The quantitative estimate of drug-likeness (QED) is 0.625. The third kappa shape index (κ3) is 4.93.